The third-order valence-corrected chi connectivity index (χ3v) is 6.35. The van der Waals surface area contributed by atoms with E-state index in [0.717, 1.165) is 13.1 Å². The maximum atomic E-state index is 14.7. The van der Waals surface area contributed by atoms with E-state index in [-0.39, 0.29) is 46.3 Å². The Morgan fingerprint density at radius 2 is 1.91 bits per heavy atom. The van der Waals surface area contributed by atoms with Crippen molar-refractivity contribution < 1.29 is 22.4 Å². The molecule has 6 rings (SSSR count). The van der Waals surface area contributed by atoms with E-state index in [1.807, 2.05) is 0 Å². The Bertz CT molecular complexity index is 1520. The molecule has 2 aliphatic heterocycles. The highest BCUT2D eigenvalue weighted by atomic mass is 19.3. The van der Waals surface area contributed by atoms with Gasteiger partial charge >= 0.3 is 0 Å². The Morgan fingerprint density at radius 1 is 1.15 bits per heavy atom. The van der Waals surface area contributed by atoms with Crippen molar-refractivity contribution in [3.63, 3.8) is 0 Å². The lowest BCUT2D eigenvalue weighted by molar-refractivity contribution is -0.135. The number of halogens is 4. The predicted molar refractivity (Wildman–Crippen MR) is 113 cm³/mol. The zero-order valence-electron chi connectivity index (χ0n) is 17.5. The predicted octanol–water partition coefficient (Wildman–Crippen LogP) is 3.49. The molecule has 0 radical (unpaired) electrons. The number of nitrogens with zero attached hydrogens (tertiary/aromatic N) is 5. The molecule has 5 heterocycles. The third kappa shape index (κ3) is 2.68. The molecular formula is C22H15F4N7O. The van der Waals surface area contributed by atoms with Gasteiger partial charge in [-0.05, 0) is 19.1 Å². The van der Waals surface area contributed by atoms with E-state index in [9.17, 15) is 22.4 Å². The van der Waals surface area contributed by atoms with Crippen LogP contribution in [-0.2, 0) is 16.8 Å². The highest BCUT2D eigenvalue weighted by Crippen LogP contribution is 2.52. The summed E-state index contributed by atoms with van der Waals surface area (Å²) in [5, 5.41) is 9.68. The van der Waals surface area contributed by atoms with Crippen LogP contribution in [0.15, 0.2) is 36.5 Å². The van der Waals surface area contributed by atoms with E-state index in [0.29, 0.717) is 5.56 Å². The molecule has 2 N–H and O–H groups in total. The molecule has 0 fully saturated rings. The van der Waals surface area contributed by atoms with Crippen LogP contribution in [0.3, 0.4) is 0 Å². The first-order valence-electron chi connectivity index (χ1n) is 10.3. The SMILES string of the molecule is C[C@]12C(=O)Nc3nc(-c4nn(Cc5ccccc5F)c5ncc(F)cc45)nc(c31)NCC2(F)F. The molecule has 1 amide bonds. The normalized spacial score (nSPS) is 20.2. The number of alkyl halides is 2. The van der Waals surface area contributed by atoms with Crippen LogP contribution in [0, 0.1) is 11.6 Å². The van der Waals surface area contributed by atoms with Crippen LogP contribution in [0.4, 0.5) is 29.2 Å². The van der Waals surface area contributed by atoms with Crippen molar-refractivity contribution in [2.45, 2.75) is 24.8 Å². The summed E-state index contributed by atoms with van der Waals surface area (Å²) in [5.41, 5.74) is -1.45. The molecule has 0 unspecified atom stereocenters. The van der Waals surface area contributed by atoms with E-state index in [1.54, 1.807) is 18.2 Å². The van der Waals surface area contributed by atoms with Gasteiger partial charge in [0.1, 0.15) is 34.4 Å². The minimum Gasteiger partial charge on any atom is -0.364 e. The number of hydrogen-bond donors (Lipinski definition) is 2. The van der Waals surface area contributed by atoms with Gasteiger partial charge < -0.3 is 10.6 Å². The summed E-state index contributed by atoms with van der Waals surface area (Å²) in [4.78, 5) is 25.3. The lowest BCUT2D eigenvalue weighted by atomic mass is 9.76. The van der Waals surface area contributed by atoms with E-state index in [2.05, 4.69) is 30.7 Å². The molecule has 2 aliphatic rings. The molecule has 1 atom stereocenters. The van der Waals surface area contributed by atoms with Crippen molar-refractivity contribution >= 4 is 28.6 Å². The van der Waals surface area contributed by atoms with Gasteiger partial charge in [-0.2, -0.15) is 5.10 Å². The largest absolute Gasteiger partial charge is 0.364 e. The number of amides is 1. The quantitative estimate of drug-likeness (QED) is 0.446. The first kappa shape index (κ1) is 20.5. The van der Waals surface area contributed by atoms with Gasteiger partial charge in [-0.25, -0.2) is 37.2 Å². The zero-order chi connectivity index (χ0) is 23.8. The van der Waals surface area contributed by atoms with E-state index in [1.165, 1.54) is 16.8 Å². The van der Waals surface area contributed by atoms with Gasteiger partial charge in [-0.1, -0.05) is 18.2 Å². The summed E-state index contributed by atoms with van der Waals surface area (Å²) in [6.45, 7) is 0.358. The van der Waals surface area contributed by atoms with Crippen LogP contribution in [0.25, 0.3) is 22.6 Å². The average molecular weight is 469 g/mol. The fourth-order valence-corrected chi connectivity index (χ4v) is 4.42. The van der Waals surface area contributed by atoms with Gasteiger partial charge in [0.2, 0.25) is 5.91 Å². The second kappa shape index (κ2) is 6.72. The highest BCUT2D eigenvalue weighted by Gasteiger charge is 2.64. The molecular weight excluding hydrogens is 454 g/mol. The molecule has 0 saturated heterocycles. The molecule has 0 bridgehead atoms. The second-order valence-electron chi connectivity index (χ2n) is 8.38. The van der Waals surface area contributed by atoms with Crippen LogP contribution >= 0.6 is 0 Å². The van der Waals surface area contributed by atoms with Crippen molar-refractivity contribution in [1.29, 1.82) is 0 Å². The monoisotopic (exact) mass is 469 g/mol. The summed E-state index contributed by atoms with van der Waals surface area (Å²) in [5.74, 6) is -5.36. The summed E-state index contributed by atoms with van der Waals surface area (Å²) < 4.78 is 59.0. The van der Waals surface area contributed by atoms with Crippen LogP contribution in [0.5, 0.6) is 0 Å². The summed E-state index contributed by atoms with van der Waals surface area (Å²) in [6.07, 6.45) is 1.01. The molecule has 0 spiro atoms. The number of aromatic nitrogens is 5. The maximum Gasteiger partial charge on any atom is 0.283 e. The third-order valence-electron chi connectivity index (χ3n) is 6.35. The number of nitrogens with one attached hydrogen (secondary N) is 2. The summed E-state index contributed by atoms with van der Waals surface area (Å²) >= 11 is 0. The number of benzene rings is 1. The molecule has 0 saturated carbocycles. The van der Waals surface area contributed by atoms with Gasteiger partial charge in [-0.15, -0.1) is 0 Å². The fourth-order valence-electron chi connectivity index (χ4n) is 4.42. The van der Waals surface area contributed by atoms with Crippen LogP contribution in [0.1, 0.15) is 18.1 Å². The number of carbonyl (C=O) groups is 1. The number of fused-ring (bicyclic) bond motifs is 1. The molecule has 8 nitrogen and oxygen atoms in total. The number of hydrogen-bond acceptors (Lipinski definition) is 6. The number of rotatable bonds is 3. The highest BCUT2D eigenvalue weighted by molar-refractivity contribution is 6.08. The van der Waals surface area contributed by atoms with Gasteiger partial charge in [0.15, 0.2) is 11.5 Å². The van der Waals surface area contributed by atoms with Gasteiger partial charge in [0, 0.05) is 5.56 Å². The smallest absolute Gasteiger partial charge is 0.283 e. The van der Waals surface area contributed by atoms with Crippen molar-refractivity contribution in [2.75, 3.05) is 17.2 Å². The standard InChI is InChI=1S/C22H15F4N7O/c1-21-14-16(28-9-22(21,25)26)29-18(30-17(14)31-20(21)34)15-12-6-11(23)7-27-19(12)33(32-15)8-10-4-2-3-5-13(10)24/h2-7H,8-9H2,1H3,(H2,28,29,30,31,34)/t21-/m1/s1. The lowest BCUT2D eigenvalue weighted by Crippen LogP contribution is -2.54. The Balaban J connectivity index is 1.54. The van der Waals surface area contributed by atoms with Crippen molar-refractivity contribution in [1.82, 2.24) is 24.7 Å². The average Bonchev–Trinajstić information content (AvgIpc) is 3.28. The molecule has 172 valence electrons. The maximum absolute atomic E-state index is 14.7. The van der Waals surface area contributed by atoms with Gasteiger partial charge in [0.25, 0.3) is 5.92 Å². The fraction of sp³-hybridized carbons (Fsp3) is 0.227. The van der Waals surface area contributed by atoms with Crippen molar-refractivity contribution in [3.05, 3.63) is 59.3 Å². The number of pyridine rings is 1. The van der Waals surface area contributed by atoms with E-state index in [4.69, 9.17) is 0 Å². The lowest BCUT2D eigenvalue weighted by Gasteiger charge is -2.36. The van der Waals surface area contributed by atoms with E-state index < -0.39 is 35.4 Å². The molecule has 34 heavy (non-hydrogen) atoms. The zero-order valence-corrected chi connectivity index (χ0v) is 17.5. The Labute approximate surface area is 189 Å². The number of anilines is 2. The molecule has 3 aromatic heterocycles. The molecule has 0 aliphatic carbocycles. The van der Waals surface area contributed by atoms with Crippen LogP contribution in [0.2, 0.25) is 0 Å². The molecule has 4 aromatic rings. The van der Waals surface area contributed by atoms with Gasteiger partial charge in [0.05, 0.1) is 30.2 Å². The Hall–Kier alpha value is -4.09. The van der Waals surface area contributed by atoms with Gasteiger partial charge in [-0.3, -0.25) is 4.79 Å². The number of carbonyl (C=O) groups excluding carboxylic acids is 1. The molecule has 12 heteroatoms. The van der Waals surface area contributed by atoms with Crippen LogP contribution in [-0.4, -0.2) is 43.1 Å². The topological polar surface area (TPSA) is 97.6 Å². The van der Waals surface area contributed by atoms with Crippen LogP contribution < -0.4 is 10.6 Å². The first-order valence-corrected chi connectivity index (χ1v) is 10.3. The van der Waals surface area contributed by atoms with E-state index >= 15 is 0 Å². The second-order valence-corrected chi connectivity index (χ2v) is 8.38. The van der Waals surface area contributed by atoms with Crippen molar-refractivity contribution in [3.8, 4) is 11.5 Å². The van der Waals surface area contributed by atoms with Crippen molar-refractivity contribution in [2.24, 2.45) is 0 Å². The summed E-state index contributed by atoms with van der Waals surface area (Å²) in [7, 11) is 0. The first-order chi connectivity index (χ1) is 16.2. The Morgan fingerprint density at radius 3 is 2.71 bits per heavy atom. The Kier molecular flexibility index (Phi) is 4.05. The molecule has 1 aromatic carbocycles. The summed E-state index contributed by atoms with van der Waals surface area (Å²) in [6, 6.07) is 7.32. The minimum absolute atomic E-state index is 0.00111. The minimum atomic E-state index is -3.36.